The van der Waals surface area contributed by atoms with Gasteiger partial charge in [0.25, 0.3) is 0 Å². The molecular formula is C22H21BrF2N4O. The molecule has 2 aromatic rings. The molecule has 156 valence electrons. The number of allylic oxidation sites excluding steroid dienone is 3. The van der Waals surface area contributed by atoms with Crippen molar-refractivity contribution in [2.75, 3.05) is 0 Å². The maximum Gasteiger partial charge on any atom is 0.180 e. The van der Waals surface area contributed by atoms with Crippen LogP contribution in [0.4, 0.5) is 8.87 Å². The van der Waals surface area contributed by atoms with Crippen LogP contribution in [0.1, 0.15) is 47.2 Å². The van der Waals surface area contributed by atoms with Gasteiger partial charge in [-0.1, -0.05) is 44.0 Å². The number of carbonyl (C=O) groups excluding carboxylic acids is 1. The number of benzene rings is 1. The molecule has 1 aromatic heterocycles. The van der Waals surface area contributed by atoms with Crippen LogP contribution < -0.4 is 5.32 Å². The topological polar surface area (TPSA) is 50.2 Å². The zero-order chi connectivity index (χ0) is 22.0. The molecule has 0 spiro atoms. The van der Waals surface area contributed by atoms with Gasteiger partial charge in [0.15, 0.2) is 5.78 Å². The molecule has 0 saturated carbocycles. The lowest BCUT2D eigenvalue weighted by atomic mass is 9.94. The van der Waals surface area contributed by atoms with Crippen molar-refractivity contribution in [3.05, 3.63) is 99.6 Å². The number of hydrogen-bond acceptors (Lipinski definition) is 4. The third-order valence-electron chi connectivity index (χ3n) is 4.69. The van der Waals surface area contributed by atoms with E-state index in [0.717, 1.165) is 0 Å². The van der Waals surface area contributed by atoms with E-state index >= 15 is 0 Å². The second-order valence-electron chi connectivity index (χ2n) is 6.80. The lowest BCUT2D eigenvalue weighted by molar-refractivity contribution is 0.100. The van der Waals surface area contributed by atoms with Crippen LogP contribution in [0.3, 0.4) is 0 Å². The highest BCUT2D eigenvalue weighted by Gasteiger charge is 2.29. The van der Waals surface area contributed by atoms with Gasteiger partial charge in [0, 0.05) is 46.3 Å². The Labute approximate surface area is 182 Å². The molecule has 1 aromatic carbocycles. The molecule has 0 fully saturated rings. The Bertz CT molecular complexity index is 1100. The van der Waals surface area contributed by atoms with Gasteiger partial charge in [0.2, 0.25) is 0 Å². The molecule has 8 heteroatoms. The van der Waals surface area contributed by atoms with E-state index in [1.165, 1.54) is 19.9 Å². The fraction of sp³-hybridized carbons (Fsp3) is 0.182. The predicted molar refractivity (Wildman–Crippen MR) is 116 cm³/mol. The van der Waals surface area contributed by atoms with Crippen molar-refractivity contribution in [2.45, 2.75) is 26.8 Å². The summed E-state index contributed by atoms with van der Waals surface area (Å²) in [4.78, 5) is 14.1. The first-order valence-electron chi connectivity index (χ1n) is 9.21. The third-order valence-corrected chi connectivity index (χ3v) is 5.19. The van der Waals surface area contributed by atoms with Crippen LogP contribution in [-0.2, 0) is 0 Å². The largest absolute Gasteiger partial charge is 0.374 e. The van der Waals surface area contributed by atoms with Gasteiger partial charge in [0.05, 0.1) is 11.7 Å². The highest BCUT2D eigenvalue weighted by molar-refractivity contribution is 9.10. The van der Waals surface area contributed by atoms with Crippen molar-refractivity contribution in [3.63, 3.8) is 0 Å². The quantitative estimate of drug-likeness (QED) is 0.564. The zero-order valence-corrected chi connectivity index (χ0v) is 18.4. The average molecular weight is 475 g/mol. The van der Waals surface area contributed by atoms with E-state index in [-0.39, 0.29) is 27.4 Å². The predicted octanol–water partition coefficient (Wildman–Crippen LogP) is 5.47. The number of nitrogens with one attached hydrogen (secondary N) is 1. The standard InChI is InChI=1S/C22H21BrF2N4O/c1-5-9-28-10-8-17(11-13(28)2)26-22(18-7-6-16(23)12-19(18)24)20-14(3)29(25)27-21(20)15(4)30/h5-12,22,26H,2H2,1,3-4H3/b9-5-. The number of nitrogens with zero attached hydrogens (tertiary/aromatic N) is 3. The van der Waals surface area contributed by atoms with Crippen LogP contribution in [0.15, 0.2) is 71.3 Å². The molecule has 1 N–H and O–H groups in total. The van der Waals surface area contributed by atoms with E-state index < -0.39 is 17.6 Å². The highest BCUT2D eigenvalue weighted by atomic mass is 79.9. The Morgan fingerprint density at radius 3 is 2.73 bits per heavy atom. The van der Waals surface area contributed by atoms with Gasteiger partial charge < -0.3 is 10.2 Å². The van der Waals surface area contributed by atoms with Gasteiger partial charge >= 0.3 is 0 Å². The summed E-state index contributed by atoms with van der Waals surface area (Å²) in [6, 6.07) is 3.75. The minimum atomic E-state index is -0.849. The van der Waals surface area contributed by atoms with Gasteiger partial charge in [0.1, 0.15) is 11.5 Å². The van der Waals surface area contributed by atoms with Gasteiger partial charge in [-0.05, 0) is 38.1 Å². The van der Waals surface area contributed by atoms with Crippen LogP contribution in [0.25, 0.3) is 0 Å². The summed E-state index contributed by atoms with van der Waals surface area (Å²) in [7, 11) is 0. The first kappa shape index (κ1) is 21.7. The molecule has 3 rings (SSSR count). The molecule has 1 atom stereocenters. The Kier molecular flexibility index (Phi) is 6.36. The lowest BCUT2D eigenvalue weighted by Crippen LogP contribution is -2.26. The van der Waals surface area contributed by atoms with E-state index in [9.17, 15) is 13.7 Å². The fourth-order valence-corrected chi connectivity index (χ4v) is 3.59. The number of hydrogen-bond donors (Lipinski definition) is 1. The number of halogens is 3. The fourth-order valence-electron chi connectivity index (χ4n) is 3.26. The summed E-state index contributed by atoms with van der Waals surface area (Å²) in [5, 5.41) is 6.93. The van der Waals surface area contributed by atoms with Gasteiger partial charge in [-0.15, -0.1) is 5.10 Å². The van der Waals surface area contributed by atoms with E-state index in [0.29, 0.717) is 15.9 Å². The molecule has 5 nitrogen and oxygen atoms in total. The van der Waals surface area contributed by atoms with E-state index in [1.807, 2.05) is 24.1 Å². The Hall–Kier alpha value is -3.00. The smallest absolute Gasteiger partial charge is 0.180 e. The number of carbonyl (C=O) groups is 1. The normalized spacial score (nSPS) is 14.9. The van der Waals surface area contributed by atoms with Crippen molar-refractivity contribution in [1.29, 1.82) is 0 Å². The summed E-state index contributed by atoms with van der Waals surface area (Å²) < 4.78 is 29.7. The molecule has 0 bridgehead atoms. The van der Waals surface area contributed by atoms with Crippen LogP contribution in [-0.4, -0.2) is 20.7 Å². The lowest BCUT2D eigenvalue weighted by Gasteiger charge is -2.26. The van der Waals surface area contributed by atoms with Crippen molar-refractivity contribution in [1.82, 2.24) is 20.2 Å². The second-order valence-corrected chi connectivity index (χ2v) is 7.72. The average Bonchev–Trinajstić information content (AvgIpc) is 2.98. The molecular weight excluding hydrogens is 454 g/mol. The summed E-state index contributed by atoms with van der Waals surface area (Å²) in [5.41, 5.74) is 1.93. The Balaban J connectivity index is 2.11. The SMILES string of the molecule is C=C1C=C(NC(c2ccc(Br)cc2F)c2c(C(C)=O)nn(F)c2C)C=CN1/C=C\C. The summed E-state index contributed by atoms with van der Waals surface area (Å²) in [6.45, 7) is 8.70. The van der Waals surface area contributed by atoms with Gasteiger partial charge in [-0.25, -0.2) is 4.39 Å². The first-order valence-corrected chi connectivity index (χ1v) is 10.00. The number of rotatable bonds is 6. The minimum Gasteiger partial charge on any atom is -0.374 e. The molecule has 0 radical (unpaired) electrons. The van der Waals surface area contributed by atoms with Crippen LogP contribution >= 0.6 is 15.9 Å². The monoisotopic (exact) mass is 474 g/mol. The van der Waals surface area contributed by atoms with Crippen LogP contribution in [0, 0.1) is 12.7 Å². The highest BCUT2D eigenvalue weighted by Crippen LogP contribution is 2.33. The molecule has 1 unspecified atom stereocenters. The molecule has 2 heterocycles. The second kappa shape index (κ2) is 8.79. The summed E-state index contributed by atoms with van der Waals surface area (Å²) in [5.74, 6) is -0.914. The molecule has 30 heavy (non-hydrogen) atoms. The molecule has 0 aliphatic carbocycles. The maximum absolute atomic E-state index is 14.9. The first-order chi connectivity index (χ1) is 14.2. The summed E-state index contributed by atoms with van der Waals surface area (Å²) >= 11 is 3.25. The summed E-state index contributed by atoms with van der Waals surface area (Å²) in [6.07, 6.45) is 9.10. The Morgan fingerprint density at radius 1 is 1.40 bits per heavy atom. The van der Waals surface area contributed by atoms with Crippen molar-refractivity contribution in [3.8, 4) is 0 Å². The number of aromatic nitrogens is 2. The maximum atomic E-state index is 14.9. The van der Waals surface area contributed by atoms with Crippen LogP contribution in [0.2, 0.25) is 0 Å². The minimum absolute atomic E-state index is 0.0513. The Morgan fingerprint density at radius 2 is 2.13 bits per heavy atom. The third kappa shape index (κ3) is 4.28. The van der Waals surface area contributed by atoms with Crippen molar-refractivity contribution in [2.24, 2.45) is 0 Å². The van der Waals surface area contributed by atoms with Crippen LogP contribution in [0.5, 0.6) is 0 Å². The molecule has 0 saturated heterocycles. The van der Waals surface area contributed by atoms with E-state index in [2.05, 4.69) is 32.9 Å². The van der Waals surface area contributed by atoms with E-state index in [4.69, 9.17) is 0 Å². The number of Topliss-reactive ketones (excluding diaryl/α,β-unsaturated/α-hetero) is 1. The number of ketones is 1. The molecule has 1 aliphatic heterocycles. The zero-order valence-electron chi connectivity index (χ0n) is 16.8. The van der Waals surface area contributed by atoms with Gasteiger partial charge in [-0.2, -0.15) is 0 Å². The van der Waals surface area contributed by atoms with Gasteiger partial charge in [-0.3, -0.25) is 4.79 Å². The molecule has 1 aliphatic rings. The molecule has 0 amide bonds. The van der Waals surface area contributed by atoms with Crippen molar-refractivity contribution >= 4 is 21.7 Å². The van der Waals surface area contributed by atoms with E-state index in [1.54, 1.807) is 30.5 Å². The van der Waals surface area contributed by atoms with Crippen molar-refractivity contribution < 1.29 is 13.7 Å².